The van der Waals surface area contributed by atoms with Gasteiger partial charge in [-0.05, 0) is 36.4 Å². The number of methoxy groups -OCH3 is 3. The lowest BCUT2D eigenvalue weighted by molar-refractivity contribution is -0.112. The molecule has 0 heterocycles. The van der Waals surface area contributed by atoms with Crippen molar-refractivity contribution in [2.75, 3.05) is 32.0 Å². The molecule has 0 saturated carbocycles. The SMILES string of the molecule is COC(=O)c1ccc(C(=O)OC)c(N/C=C(/C#N)C(=O)Nc2ccc(OC)c(Cl)c2)c1. The Morgan fingerprint density at radius 3 is 2.32 bits per heavy atom. The lowest BCUT2D eigenvalue weighted by Crippen LogP contribution is -2.15. The monoisotopic (exact) mass is 443 g/mol. The molecule has 0 atom stereocenters. The Balaban J connectivity index is 2.29. The molecule has 0 saturated heterocycles. The summed E-state index contributed by atoms with van der Waals surface area (Å²) >= 11 is 6.03. The van der Waals surface area contributed by atoms with Gasteiger partial charge in [0, 0.05) is 11.9 Å². The van der Waals surface area contributed by atoms with Crippen LogP contribution in [0.25, 0.3) is 0 Å². The summed E-state index contributed by atoms with van der Waals surface area (Å²) in [6.45, 7) is 0. The van der Waals surface area contributed by atoms with Crippen LogP contribution in [0.15, 0.2) is 48.2 Å². The third-order valence-corrected chi connectivity index (χ3v) is 4.29. The van der Waals surface area contributed by atoms with Gasteiger partial charge in [-0.25, -0.2) is 9.59 Å². The number of esters is 2. The second-order valence-electron chi connectivity index (χ2n) is 5.86. The zero-order valence-corrected chi connectivity index (χ0v) is 17.6. The molecule has 160 valence electrons. The van der Waals surface area contributed by atoms with E-state index in [0.717, 1.165) is 6.20 Å². The van der Waals surface area contributed by atoms with Gasteiger partial charge in [0.05, 0.1) is 43.2 Å². The summed E-state index contributed by atoms with van der Waals surface area (Å²) in [5.41, 5.74) is 0.432. The maximum atomic E-state index is 12.4. The third kappa shape index (κ3) is 5.74. The van der Waals surface area contributed by atoms with Crippen LogP contribution in [0.5, 0.6) is 5.75 Å². The standard InChI is InChI=1S/C21H18ClN3O6/c1-29-18-7-5-14(9-16(18)22)25-19(26)13(10-23)11-24-17-8-12(20(27)30-2)4-6-15(17)21(28)31-3/h4-9,11,24H,1-3H3,(H,25,26)/b13-11-. The molecular formula is C21H18ClN3O6. The first-order valence-corrected chi connectivity index (χ1v) is 9.04. The fraction of sp³-hybridized carbons (Fsp3) is 0.143. The van der Waals surface area contributed by atoms with Gasteiger partial charge in [0.15, 0.2) is 0 Å². The topological polar surface area (TPSA) is 127 Å². The summed E-state index contributed by atoms with van der Waals surface area (Å²) < 4.78 is 14.4. The van der Waals surface area contributed by atoms with Crippen molar-refractivity contribution >= 4 is 40.8 Å². The number of benzene rings is 2. The number of ether oxygens (including phenoxy) is 3. The quantitative estimate of drug-likeness (QED) is 0.379. The molecule has 0 fully saturated rings. The minimum atomic E-state index is -0.722. The first-order valence-electron chi connectivity index (χ1n) is 8.67. The van der Waals surface area contributed by atoms with Crippen LogP contribution < -0.4 is 15.4 Å². The number of hydrogen-bond acceptors (Lipinski definition) is 8. The molecule has 0 bridgehead atoms. The minimum absolute atomic E-state index is 0.0889. The second kappa shape index (κ2) is 10.7. The Hall–Kier alpha value is -4.03. The summed E-state index contributed by atoms with van der Waals surface area (Å²) in [6.07, 6.45) is 1.10. The van der Waals surface area contributed by atoms with Crippen molar-refractivity contribution in [3.8, 4) is 11.8 Å². The van der Waals surface area contributed by atoms with E-state index >= 15 is 0 Å². The van der Waals surface area contributed by atoms with Crippen molar-refractivity contribution in [3.63, 3.8) is 0 Å². The van der Waals surface area contributed by atoms with Gasteiger partial charge in [-0.1, -0.05) is 11.6 Å². The Morgan fingerprint density at radius 2 is 1.74 bits per heavy atom. The fourth-order valence-electron chi connectivity index (χ4n) is 2.44. The molecule has 9 nitrogen and oxygen atoms in total. The normalized spacial score (nSPS) is 10.5. The molecule has 0 unspecified atom stereocenters. The number of nitrogens with one attached hydrogen (secondary N) is 2. The van der Waals surface area contributed by atoms with Crippen LogP contribution in [-0.4, -0.2) is 39.2 Å². The van der Waals surface area contributed by atoms with E-state index in [2.05, 4.69) is 15.4 Å². The van der Waals surface area contributed by atoms with E-state index in [-0.39, 0.29) is 27.4 Å². The predicted molar refractivity (Wildman–Crippen MR) is 113 cm³/mol. The summed E-state index contributed by atoms with van der Waals surface area (Å²) in [4.78, 5) is 36.2. The van der Waals surface area contributed by atoms with Crippen molar-refractivity contribution in [2.45, 2.75) is 0 Å². The average Bonchev–Trinajstić information content (AvgIpc) is 2.78. The number of carbonyl (C=O) groups is 3. The van der Waals surface area contributed by atoms with E-state index in [0.29, 0.717) is 11.4 Å². The number of halogens is 1. The highest BCUT2D eigenvalue weighted by Crippen LogP contribution is 2.27. The van der Waals surface area contributed by atoms with Crippen LogP contribution in [0.1, 0.15) is 20.7 Å². The number of rotatable bonds is 7. The summed E-state index contributed by atoms with van der Waals surface area (Å²) in [6, 6.07) is 10.4. The van der Waals surface area contributed by atoms with E-state index in [1.54, 1.807) is 18.2 Å². The average molecular weight is 444 g/mol. The molecule has 0 aliphatic heterocycles. The molecule has 31 heavy (non-hydrogen) atoms. The van der Waals surface area contributed by atoms with Gasteiger partial charge in [-0.2, -0.15) is 5.26 Å². The summed E-state index contributed by atoms with van der Waals surface area (Å²) in [5.74, 6) is -1.60. The Bertz CT molecular complexity index is 1090. The van der Waals surface area contributed by atoms with Crippen LogP contribution in [0.2, 0.25) is 5.02 Å². The Kier molecular flexibility index (Phi) is 8.00. The van der Waals surface area contributed by atoms with Crippen LogP contribution in [0.4, 0.5) is 11.4 Å². The molecule has 0 radical (unpaired) electrons. The molecule has 10 heteroatoms. The number of anilines is 2. The number of amides is 1. The van der Waals surface area contributed by atoms with Crippen molar-refractivity contribution in [2.24, 2.45) is 0 Å². The molecule has 1 amide bonds. The van der Waals surface area contributed by atoms with E-state index in [1.807, 2.05) is 0 Å². The van der Waals surface area contributed by atoms with Gasteiger partial charge in [0.1, 0.15) is 17.4 Å². The van der Waals surface area contributed by atoms with Gasteiger partial charge < -0.3 is 24.8 Å². The highest BCUT2D eigenvalue weighted by molar-refractivity contribution is 6.32. The van der Waals surface area contributed by atoms with E-state index < -0.39 is 17.8 Å². The molecule has 0 aliphatic rings. The predicted octanol–water partition coefficient (Wildman–Crippen LogP) is 3.38. The fourth-order valence-corrected chi connectivity index (χ4v) is 2.70. The van der Waals surface area contributed by atoms with E-state index in [1.165, 1.54) is 45.6 Å². The highest BCUT2D eigenvalue weighted by Gasteiger charge is 2.16. The maximum absolute atomic E-state index is 12.4. The van der Waals surface area contributed by atoms with Gasteiger partial charge in [0.2, 0.25) is 0 Å². The number of nitrogens with zero attached hydrogens (tertiary/aromatic N) is 1. The molecule has 0 spiro atoms. The number of nitriles is 1. The largest absolute Gasteiger partial charge is 0.495 e. The Labute approximate surface area is 183 Å². The minimum Gasteiger partial charge on any atom is -0.495 e. The van der Waals surface area contributed by atoms with E-state index in [9.17, 15) is 19.6 Å². The zero-order chi connectivity index (χ0) is 23.0. The third-order valence-electron chi connectivity index (χ3n) is 3.99. The van der Waals surface area contributed by atoms with Crippen LogP contribution >= 0.6 is 11.6 Å². The summed E-state index contributed by atoms with van der Waals surface area (Å²) in [7, 11) is 3.87. The molecule has 2 rings (SSSR count). The van der Waals surface area contributed by atoms with Crippen LogP contribution in [0.3, 0.4) is 0 Å². The molecule has 0 aliphatic carbocycles. The van der Waals surface area contributed by atoms with Gasteiger partial charge >= 0.3 is 11.9 Å². The van der Waals surface area contributed by atoms with Gasteiger partial charge in [-0.15, -0.1) is 0 Å². The molecule has 2 aromatic carbocycles. The summed E-state index contributed by atoms with van der Waals surface area (Å²) in [5, 5.41) is 14.9. The molecular weight excluding hydrogens is 426 g/mol. The maximum Gasteiger partial charge on any atom is 0.339 e. The lowest BCUT2D eigenvalue weighted by atomic mass is 10.1. The van der Waals surface area contributed by atoms with Gasteiger partial charge in [0.25, 0.3) is 5.91 Å². The molecule has 2 N–H and O–H groups in total. The first kappa shape index (κ1) is 23.3. The lowest BCUT2D eigenvalue weighted by Gasteiger charge is -2.11. The van der Waals surface area contributed by atoms with Crippen molar-refractivity contribution in [1.29, 1.82) is 5.26 Å². The first-order chi connectivity index (χ1) is 14.8. The van der Waals surface area contributed by atoms with Crippen molar-refractivity contribution in [3.05, 3.63) is 64.3 Å². The van der Waals surface area contributed by atoms with E-state index in [4.69, 9.17) is 21.1 Å². The zero-order valence-electron chi connectivity index (χ0n) is 16.8. The number of hydrogen-bond donors (Lipinski definition) is 2. The molecule has 2 aromatic rings. The smallest absolute Gasteiger partial charge is 0.339 e. The van der Waals surface area contributed by atoms with Crippen LogP contribution in [-0.2, 0) is 14.3 Å². The highest BCUT2D eigenvalue weighted by atomic mass is 35.5. The van der Waals surface area contributed by atoms with Gasteiger partial charge in [-0.3, -0.25) is 4.79 Å². The van der Waals surface area contributed by atoms with Crippen molar-refractivity contribution < 1.29 is 28.6 Å². The van der Waals surface area contributed by atoms with Crippen LogP contribution in [0, 0.1) is 11.3 Å². The second-order valence-corrected chi connectivity index (χ2v) is 6.27. The number of carbonyl (C=O) groups excluding carboxylic acids is 3. The van der Waals surface area contributed by atoms with Crippen molar-refractivity contribution in [1.82, 2.24) is 0 Å². The molecule has 0 aromatic heterocycles. The Morgan fingerprint density at radius 1 is 1.03 bits per heavy atom.